The molecule has 3 rings (SSSR count). The molecule has 1 aromatic heterocycles. The Kier molecular flexibility index (Phi) is 6.42. The SMILES string of the molecule is CO[C@H](CN1c2nc(N3CCOC[C@H]3C)cc(=O)n2CCC1C(F)(F)F)C(C)C. The molecule has 0 bridgehead atoms. The normalized spacial score (nSPS) is 24.0. The number of ether oxygens (including phenoxy) is 2. The van der Waals surface area contributed by atoms with E-state index >= 15 is 0 Å². The Balaban J connectivity index is 2.06. The molecule has 1 aromatic rings. The van der Waals surface area contributed by atoms with E-state index in [1.54, 1.807) is 0 Å². The number of alkyl halides is 3. The molecule has 0 N–H and O–H groups in total. The maximum Gasteiger partial charge on any atom is 0.408 e. The lowest BCUT2D eigenvalue weighted by Crippen LogP contribution is -2.55. The van der Waals surface area contributed by atoms with Gasteiger partial charge in [0.15, 0.2) is 0 Å². The summed E-state index contributed by atoms with van der Waals surface area (Å²) >= 11 is 0. The van der Waals surface area contributed by atoms with Crippen LogP contribution >= 0.6 is 0 Å². The van der Waals surface area contributed by atoms with Crippen LogP contribution in [-0.4, -0.2) is 67.3 Å². The van der Waals surface area contributed by atoms with E-state index in [1.807, 2.05) is 25.7 Å². The molecule has 29 heavy (non-hydrogen) atoms. The minimum Gasteiger partial charge on any atom is -0.379 e. The molecule has 3 atom stereocenters. The lowest BCUT2D eigenvalue weighted by atomic mass is 10.0. The monoisotopic (exact) mass is 418 g/mol. The summed E-state index contributed by atoms with van der Waals surface area (Å²) in [7, 11) is 1.49. The van der Waals surface area contributed by atoms with Crippen LogP contribution in [0.2, 0.25) is 0 Å². The van der Waals surface area contributed by atoms with Gasteiger partial charge in [-0.25, -0.2) is 0 Å². The van der Waals surface area contributed by atoms with Gasteiger partial charge in [-0.1, -0.05) is 13.8 Å². The third kappa shape index (κ3) is 4.53. The van der Waals surface area contributed by atoms with Crippen molar-refractivity contribution in [2.45, 2.75) is 58.1 Å². The second-order valence-corrected chi connectivity index (χ2v) is 8.04. The predicted molar refractivity (Wildman–Crippen MR) is 104 cm³/mol. The van der Waals surface area contributed by atoms with E-state index in [0.717, 1.165) is 0 Å². The summed E-state index contributed by atoms with van der Waals surface area (Å²) in [5.74, 6) is 0.462. The van der Waals surface area contributed by atoms with Crippen molar-refractivity contribution in [1.82, 2.24) is 9.55 Å². The Morgan fingerprint density at radius 3 is 2.66 bits per heavy atom. The maximum atomic E-state index is 13.8. The topological polar surface area (TPSA) is 59.8 Å². The Labute approximate surface area is 168 Å². The van der Waals surface area contributed by atoms with Gasteiger partial charge in [0.1, 0.15) is 11.9 Å². The molecule has 2 aliphatic heterocycles. The van der Waals surface area contributed by atoms with E-state index in [4.69, 9.17) is 9.47 Å². The fourth-order valence-electron chi connectivity index (χ4n) is 3.97. The zero-order chi connectivity index (χ0) is 21.3. The van der Waals surface area contributed by atoms with Gasteiger partial charge in [0, 0.05) is 32.8 Å². The molecule has 3 heterocycles. The molecule has 2 aliphatic rings. The van der Waals surface area contributed by atoms with E-state index in [1.165, 1.54) is 22.6 Å². The summed E-state index contributed by atoms with van der Waals surface area (Å²) in [6.45, 7) is 7.22. The van der Waals surface area contributed by atoms with Crippen LogP contribution in [0.4, 0.5) is 24.9 Å². The first-order chi connectivity index (χ1) is 13.6. The lowest BCUT2D eigenvalue weighted by Gasteiger charge is -2.42. The van der Waals surface area contributed by atoms with Crippen LogP contribution in [-0.2, 0) is 16.0 Å². The lowest BCUT2D eigenvalue weighted by molar-refractivity contribution is -0.153. The molecule has 0 spiro atoms. The fraction of sp³-hybridized carbons (Fsp3) is 0.789. The first-order valence-electron chi connectivity index (χ1n) is 9.96. The Bertz CT molecular complexity index is 768. The molecule has 0 amide bonds. The van der Waals surface area contributed by atoms with Gasteiger partial charge in [0.05, 0.1) is 25.4 Å². The van der Waals surface area contributed by atoms with E-state index in [0.29, 0.717) is 25.6 Å². The van der Waals surface area contributed by atoms with E-state index in [2.05, 4.69) is 4.98 Å². The van der Waals surface area contributed by atoms with Crippen molar-refractivity contribution >= 4 is 11.8 Å². The highest BCUT2D eigenvalue weighted by molar-refractivity contribution is 5.47. The fourth-order valence-corrected chi connectivity index (χ4v) is 3.97. The van der Waals surface area contributed by atoms with Gasteiger partial charge in [-0.15, -0.1) is 0 Å². The van der Waals surface area contributed by atoms with Gasteiger partial charge in [0.2, 0.25) is 5.95 Å². The minimum absolute atomic E-state index is 0.00685. The molecular formula is C19H29F3N4O3. The largest absolute Gasteiger partial charge is 0.408 e. The van der Waals surface area contributed by atoms with Crippen molar-refractivity contribution in [2.24, 2.45) is 5.92 Å². The molecule has 164 valence electrons. The van der Waals surface area contributed by atoms with E-state index in [9.17, 15) is 18.0 Å². The molecule has 0 aromatic carbocycles. The third-order valence-electron chi connectivity index (χ3n) is 5.70. The first kappa shape index (κ1) is 21.9. The first-order valence-corrected chi connectivity index (χ1v) is 9.96. The smallest absolute Gasteiger partial charge is 0.379 e. The third-order valence-corrected chi connectivity index (χ3v) is 5.70. The molecule has 1 saturated heterocycles. The highest BCUT2D eigenvalue weighted by Crippen LogP contribution is 2.35. The average Bonchev–Trinajstić information content (AvgIpc) is 2.65. The number of morpholine rings is 1. The Morgan fingerprint density at radius 2 is 2.07 bits per heavy atom. The van der Waals surface area contributed by atoms with Gasteiger partial charge < -0.3 is 19.3 Å². The standard InChI is InChI=1S/C19H29F3N4O3/c1-12(2)14(28-4)10-26-15(19(20,21)22)5-6-25-17(27)9-16(23-18(25)26)24-7-8-29-11-13(24)3/h9,12-15H,5-8,10-11H2,1-4H3/t13-,14-,15?/m1/s1. The van der Waals surface area contributed by atoms with Crippen molar-refractivity contribution in [2.75, 3.05) is 43.2 Å². The Morgan fingerprint density at radius 1 is 1.34 bits per heavy atom. The van der Waals surface area contributed by atoms with Crippen molar-refractivity contribution in [1.29, 1.82) is 0 Å². The predicted octanol–water partition coefficient (Wildman–Crippen LogP) is 2.28. The van der Waals surface area contributed by atoms with Crippen LogP contribution < -0.4 is 15.4 Å². The molecule has 1 unspecified atom stereocenters. The zero-order valence-electron chi connectivity index (χ0n) is 17.3. The zero-order valence-corrected chi connectivity index (χ0v) is 17.3. The highest BCUT2D eigenvalue weighted by atomic mass is 19.4. The van der Waals surface area contributed by atoms with Crippen molar-refractivity contribution in [3.8, 4) is 0 Å². The van der Waals surface area contributed by atoms with Crippen molar-refractivity contribution in [3.63, 3.8) is 0 Å². The second kappa shape index (κ2) is 8.51. The number of methoxy groups -OCH3 is 1. The number of anilines is 2. The molecule has 7 nitrogen and oxygen atoms in total. The van der Waals surface area contributed by atoms with Crippen LogP contribution in [0.3, 0.4) is 0 Å². The van der Waals surface area contributed by atoms with Gasteiger partial charge in [-0.2, -0.15) is 18.2 Å². The summed E-state index contributed by atoms with van der Waals surface area (Å²) in [4.78, 5) is 20.4. The van der Waals surface area contributed by atoms with Gasteiger partial charge >= 0.3 is 6.18 Å². The molecule has 0 radical (unpaired) electrons. The highest BCUT2D eigenvalue weighted by Gasteiger charge is 2.47. The van der Waals surface area contributed by atoms with Gasteiger partial charge in [0.25, 0.3) is 5.56 Å². The average molecular weight is 418 g/mol. The number of nitrogens with zero attached hydrogens (tertiary/aromatic N) is 4. The summed E-state index contributed by atoms with van der Waals surface area (Å²) in [6.07, 6.45) is -5.05. The van der Waals surface area contributed by atoms with Crippen LogP contribution in [0, 0.1) is 5.92 Å². The number of hydrogen-bond acceptors (Lipinski definition) is 6. The summed E-state index contributed by atoms with van der Waals surface area (Å²) in [5, 5.41) is 0. The Hall–Kier alpha value is -1.81. The minimum atomic E-state index is -4.43. The van der Waals surface area contributed by atoms with Crippen LogP contribution in [0.25, 0.3) is 0 Å². The van der Waals surface area contributed by atoms with Crippen molar-refractivity contribution in [3.05, 3.63) is 16.4 Å². The maximum absolute atomic E-state index is 13.8. The molecule has 0 saturated carbocycles. The molecule has 1 fully saturated rings. The van der Waals surface area contributed by atoms with Gasteiger partial charge in [-0.05, 0) is 19.3 Å². The second-order valence-electron chi connectivity index (χ2n) is 8.04. The molecule has 10 heteroatoms. The number of fused-ring (bicyclic) bond motifs is 1. The molecule has 0 aliphatic carbocycles. The number of rotatable bonds is 5. The van der Waals surface area contributed by atoms with Crippen LogP contribution in [0.1, 0.15) is 27.2 Å². The summed E-state index contributed by atoms with van der Waals surface area (Å²) < 4.78 is 53.7. The number of aromatic nitrogens is 2. The van der Waals surface area contributed by atoms with Crippen molar-refractivity contribution < 1.29 is 22.6 Å². The van der Waals surface area contributed by atoms with E-state index < -0.39 is 18.3 Å². The van der Waals surface area contributed by atoms with Crippen LogP contribution in [0.15, 0.2) is 10.9 Å². The number of halogens is 3. The van der Waals surface area contributed by atoms with Crippen LogP contribution in [0.5, 0.6) is 0 Å². The van der Waals surface area contributed by atoms with E-state index in [-0.39, 0.29) is 43.0 Å². The summed E-state index contributed by atoms with van der Waals surface area (Å²) in [6, 6.07) is -0.312. The molecular weight excluding hydrogens is 389 g/mol. The summed E-state index contributed by atoms with van der Waals surface area (Å²) in [5.41, 5.74) is -0.340. The van der Waals surface area contributed by atoms with Gasteiger partial charge in [-0.3, -0.25) is 9.36 Å². The quantitative estimate of drug-likeness (QED) is 0.731. The number of hydrogen-bond donors (Lipinski definition) is 0.